The molecule has 0 aliphatic rings. The van der Waals surface area contributed by atoms with Gasteiger partial charge in [0.15, 0.2) is 0 Å². The monoisotopic (exact) mass is 245 g/mol. The van der Waals surface area contributed by atoms with Gasteiger partial charge in [-0.25, -0.2) is 0 Å². The SMILES string of the molecule is CCCCC(N)[SH-]S(=O)(=O)[O-].[Na+].[Na+]. The van der Waals surface area contributed by atoms with Crippen LogP contribution in [-0.4, -0.2) is 18.3 Å². The van der Waals surface area contributed by atoms with Crippen LogP contribution in [0.4, 0.5) is 0 Å². The molecule has 13 heavy (non-hydrogen) atoms. The topological polar surface area (TPSA) is 83.2 Å². The van der Waals surface area contributed by atoms with Gasteiger partial charge in [0, 0.05) is 9.15 Å². The number of rotatable bonds is 5. The van der Waals surface area contributed by atoms with Crippen LogP contribution < -0.4 is 64.8 Å². The van der Waals surface area contributed by atoms with E-state index in [9.17, 15) is 13.0 Å². The van der Waals surface area contributed by atoms with E-state index in [1.165, 1.54) is 0 Å². The van der Waals surface area contributed by atoms with E-state index in [-0.39, 0.29) is 69.9 Å². The Hall–Kier alpha value is 2.22. The van der Waals surface area contributed by atoms with Gasteiger partial charge in [0.2, 0.25) is 0 Å². The molecule has 0 aliphatic heterocycles. The van der Waals surface area contributed by atoms with Crippen molar-refractivity contribution in [3.05, 3.63) is 0 Å². The van der Waals surface area contributed by atoms with Gasteiger partial charge in [0.1, 0.15) is 0 Å². The second kappa shape index (κ2) is 10.7. The molecule has 0 aromatic rings. The summed E-state index contributed by atoms with van der Waals surface area (Å²) < 4.78 is 30.5. The largest absolute Gasteiger partial charge is 1.00 e. The summed E-state index contributed by atoms with van der Waals surface area (Å²) in [5.74, 6) is 0. The second-order valence-corrected chi connectivity index (χ2v) is 5.95. The van der Waals surface area contributed by atoms with Crippen molar-refractivity contribution in [2.24, 2.45) is 5.73 Å². The third kappa shape index (κ3) is 16.9. The summed E-state index contributed by atoms with van der Waals surface area (Å²) in [6.07, 6.45) is 2.42. The van der Waals surface area contributed by atoms with Gasteiger partial charge in [0.25, 0.3) is 0 Å². The fourth-order valence-corrected chi connectivity index (χ4v) is 2.56. The first-order chi connectivity index (χ1) is 4.95. The average molecular weight is 245 g/mol. The molecule has 0 aliphatic carbocycles. The van der Waals surface area contributed by atoms with Crippen LogP contribution >= 0.6 is 0 Å². The molecule has 0 radical (unpaired) electrons. The number of thiol groups is 1. The molecule has 0 aromatic heterocycles. The Morgan fingerprint density at radius 3 is 2.23 bits per heavy atom. The molecule has 8 heteroatoms. The quantitative estimate of drug-likeness (QED) is 0.172. The van der Waals surface area contributed by atoms with E-state index >= 15 is 0 Å². The van der Waals surface area contributed by atoms with Crippen LogP contribution in [0.15, 0.2) is 0 Å². The minimum absolute atomic E-state index is 0. The molecule has 0 aromatic carbocycles. The van der Waals surface area contributed by atoms with Gasteiger partial charge in [-0.1, -0.05) is 31.6 Å². The summed E-state index contributed by atoms with van der Waals surface area (Å²) >= 11 is 0. The maximum absolute atomic E-state index is 10.2. The molecule has 0 saturated carbocycles. The molecular weight excluding hydrogens is 232 g/mol. The van der Waals surface area contributed by atoms with Crippen LogP contribution in [0.5, 0.6) is 0 Å². The first kappa shape index (κ1) is 20.6. The van der Waals surface area contributed by atoms with E-state index in [1.54, 1.807) is 0 Å². The maximum Gasteiger partial charge on any atom is 1.00 e. The first-order valence-corrected chi connectivity index (χ1v) is 6.37. The second-order valence-electron chi connectivity index (χ2n) is 2.24. The molecule has 0 rings (SSSR count). The molecule has 0 spiro atoms. The molecule has 0 heterocycles. The Kier molecular flexibility index (Phi) is 17.0. The summed E-state index contributed by atoms with van der Waals surface area (Å²) in [4.78, 5) is 0. The number of hydrogen-bond acceptors (Lipinski definition) is 5. The minimum Gasteiger partial charge on any atom is -0.766 e. The molecule has 0 saturated heterocycles. The van der Waals surface area contributed by atoms with Crippen molar-refractivity contribution in [3.8, 4) is 0 Å². The minimum atomic E-state index is -4.16. The maximum atomic E-state index is 10.2. The van der Waals surface area contributed by atoms with Crippen molar-refractivity contribution in [2.75, 3.05) is 0 Å². The van der Waals surface area contributed by atoms with Gasteiger partial charge in [-0.2, -0.15) is 0 Å². The van der Waals surface area contributed by atoms with Gasteiger partial charge in [0.05, 0.1) is 0 Å². The molecule has 4 nitrogen and oxygen atoms in total. The summed E-state index contributed by atoms with van der Waals surface area (Å²) in [6.45, 7) is 1.98. The number of hydrogen-bond donors (Lipinski definition) is 1. The number of unbranched alkanes of at least 4 members (excludes halogenated alkanes) is 1. The zero-order valence-corrected chi connectivity index (χ0v) is 14.1. The smallest absolute Gasteiger partial charge is 0.766 e. The zero-order chi connectivity index (χ0) is 8.91. The normalized spacial score (nSPS) is 12.8. The van der Waals surface area contributed by atoms with Crippen molar-refractivity contribution in [3.63, 3.8) is 0 Å². The van der Waals surface area contributed by atoms with Crippen molar-refractivity contribution in [2.45, 2.75) is 31.6 Å². The fourth-order valence-electron chi connectivity index (χ4n) is 0.632. The predicted octanol–water partition coefficient (Wildman–Crippen LogP) is -6.26. The Balaban J connectivity index is -0.000000500. The first-order valence-electron chi connectivity index (χ1n) is 3.39. The third-order valence-corrected chi connectivity index (χ3v) is 3.49. The summed E-state index contributed by atoms with van der Waals surface area (Å²) in [6, 6.07) is 0. The molecule has 0 bridgehead atoms. The van der Waals surface area contributed by atoms with Crippen LogP contribution in [-0.2, 0) is 19.9 Å². The van der Waals surface area contributed by atoms with Crippen LogP contribution in [0.25, 0.3) is 0 Å². The molecule has 0 fully saturated rings. The van der Waals surface area contributed by atoms with E-state index in [1.807, 2.05) is 6.92 Å². The van der Waals surface area contributed by atoms with Crippen LogP contribution in [0.1, 0.15) is 26.2 Å². The molecule has 1 atom stereocenters. The fraction of sp³-hybridized carbons (Fsp3) is 1.00. The predicted molar refractivity (Wildman–Crippen MR) is 46.0 cm³/mol. The Bertz CT molecular complexity index is 198. The van der Waals surface area contributed by atoms with Crippen molar-refractivity contribution < 1.29 is 72.1 Å². The molecule has 0 amide bonds. The van der Waals surface area contributed by atoms with E-state index in [0.29, 0.717) is 6.42 Å². The number of nitrogens with two attached hydrogens (primary N) is 1. The zero-order valence-electron chi connectivity index (χ0n) is 8.36. The molecule has 1 unspecified atom stereocenters. The van der Waals surface area contributed by atoms with Crippen molar-refractivity contribution in [1.82, 2.24) is 0 Å². The van der Waals surface area contributed by atoms with Crippen LogP contribution in [0, 0.1) is 0 Å². The van der Waals surface area contributed by atoms with E-state index in [4.69, 9.17) is 5.73 Å². The van der Waals surface area contributed by atoms with Gasteiger partial charge < -0.3 is 21.1 Å². The Morgan fingerprint density at radius 2 is 1.92 bits per heavy atom. The van der Waals surface area contributed by atoms with E-state index < -0.39 is 14.5 Å². The Labute approximate surface area is 128 Å². The van der Waals surface area contributed by atoms with Gasteiger partial charge in [-0.3, -0.25) is 8.42 Å². The summed E-state index contributed by atoms with van der Waals surface area (Å²) in [5.41, 5.74) is 5.35. The third-order valence-electron chi connectivity index (χ3n) is 1.12. The van der Waals surface area contributed by atoms with Crippen LogP contribution in [0.3, 0.4) is 0 Å². The van der Waals surface area contributed by atoms with Crippen LogP contribution in [0.2, 0.25) is 0 Å². The van der Waals surface area contributed by atoms with Crippen molar-refractivity contribution in [1.29, 1.82) is 0 Å². The standard InChI is InChI=1S/C5H14NO3S2.2Na/c1-2-3-4-5(6)10-11(7,8)9;;/h5,10H,2-4,6H2,1H3,(H,7,8,9);;/q-1;2*+1/p-1. The average Bonchev–Trinajstić information content (AvgIpc) is 1.79. The van der Waals surface area contributed by atoms with Gasteiger partial charge in [-0.05, 0) is 0 Å². The summed E-state index contributed by atoms with van der Waals surface area (Å²) in [7, 11) is -4.35. The summed E-state index contributed by atoms with van der Waals surface area (Å²) in [5, 5.41) is -0.516. The van der Waals surface area contributed by atoms with E-state index in [2.05, 4.69) is 0 Å². The molecule has 70 valence electrons. The van der Waals surface area contributed by atoms with E-state index in [0.717, 1.165) is 12.8 Å². The van der Waals surface area contributed by atoms with Gasteiger partial charge in [-0.15, -0.1) is 0 Å². The van der Waals surface area contributed by atoms with Crippen molar-refractivity contribution >= 4 is 19.9 Å². The Morgan fingerprint density at radius 1 is 1.46 bits per heavy atom. The molecular formula is C5H13NNa2O3S2. The molecule has 2 N–H and O–H groups in total. The van der Waals surface area contributed by atoms with Gasteiger partial charge >= 0.3 is 59.1 Å².